The van der Waals surface area contributed by atoms with Crippen molar-refractivity contribution in [2.75, 3.05) is 0 Å². The first-order chi connectivity index (χ1) is 7.54. The van der Waals surface area contributed by atoms with Crippen molar-refractivity contribution in [1.29, 1.82) is 0 Å². The molecule has 0 aliphatic carbocycles. The maximum Gasteiger partial charge on any atom is 0.150 e. The lowest BCUT2D eigenvalue weighted by molar-refractivity contribution is 0.112. The Morgan fingerprint density at radius 2 is 1.44 bits per heavy atom. The number of rotatable bonds is 5. The molecular formula is C15H22O. The van der Waals surface area contributed by atoms with Crippen LogP contribution in [-0.2, 0) is 12.8 Å². The van der Waals surface area contributed by atoms with E-state index in [4.69, 9.17) is 0 Å². The third kappa shape index (κ3) is 3.48. The van der Waals surface area contributed by atoms with Crippen LogP contribution in [-0.4, -0.2) is 6.29 Å². The minimum Gasteiger partial charge on any atom is -0.298 e. The van der Waals surface area contributed by atoms with E-state index < -0.39 is 0 Å². The Morgan fingerprint density at radius 1 is 1.00 bits per heavy atom. The van der Waals surface area contributed by atoms with Gasteiger partial charge in [0.1, 0.15) is 0 Å². The maximum absolute atomic E-state index is 11.2. The van der Waals surface area contributed by atoms with Gasteiger partial charge in [0.05, 0.1) is 0 Å². The molecule has 16 heavy (non-hydrogen) atoms. The number of hydrogen-bond donors (Lipinski definition) is 0. The normalized spacial score (nSPS) is 11.1. The molecule has 0 unspecified atom stereocenters. The Hall–Kier alpha value is -1.11. The van der Waals surface area contributed by atoms with Gasteiger partial charge in [0, 0.05) is 5.56 Å². The first-order valence-corrected chi connectivity index (χ1v) is 6.10. The van der Waals surface area contributed by atoms with E-state index in [2.05, 4.69) is 45.9 Å². The fourth-order valence-corrected chi connectivity index (χ4v) is 2.05. The second-order valence-electron chi connectivity index (χ2n) is 5.30. The molecule has 0 fully saturated rings. The van der Waals surface area contributed by atoms with Crippen LogP contribution in [0.2, 0.25) is 0 Å². The number of aldehydes is 1. The molecule has 1 aromatic carbocycles. The molecule has 0 amide bonds. The lowest BCUT2D eigenvalue weighted by Gasteiger charge is -2.13. The molecule has 0 heterocycles. The molecule has 0 N–H and O–H groups in total. The van der Waals surface area contributed by atoms with Crippen LogP contribution in [0.15, 0.2) is 18.2 Å². The van der Waals surface area contributed by atoms with Crippen molar-refractivity contribution in [3.63, 3.8) is 0 Å². The van der Waals surface area contributed by atoms with Crippen LogP contribution in [0.4, 0.5) is 0 Å². The van der Waals surface area contributed by atoms with Crippen LogP contribution < -0.4 is 0 Å². The highest BCUT2D eigenvalue weighted by Gasteiger charge is 2.09. The van der Waals surface area contributed by atoms with Crippen molar-refractivity contribution >= 4 is 6.29 Å². The molecule has 0 saturated heterocycles. The highest BCUT2D eigenvalue weighted by atomic mass is 16.1. The monoisotopic (exact) mass is 218 g/mol. The zero-order valence-corrected chi connectivity index (χ0v) is 10.8. The van der Waals surface area contributed by atoms with E-state index >= 15 is 0 Å². The SMILES string of the molecule is CC(C)Cc1cccc(CC(C)C)c1C=O. The molecule has 0 saturated carbocycles. The van der Waals surface area contributed by atoms with Gasteiger partial charge in [0.15, 0.2) is 6.29 Å². The topological polar surface area (TPSA) is 17.1 Å². The number of carbonyl (C=O) groups excluding carboxylic acids is 1. The van der Waals surface area contributed by atoms with Crippen molar-refractivity contribution in [2.45, 2.75) is 40.5 Å². The zero-order valence-electron chi connectivity index (χ0n) is 10.8. The molecule has 1 rings (SSSR count). The van der Waals surface area contributed by atoms with Crippen molar-refractivity contribution in [2.24, 2.45) is 11.8 Å². The van der Waals surface area contributed by atoms with Crippen LogP contribution in [0, 0.1) is 11.8 Å². The highest BCUT2D eigenvalue weighted by Crippen LogP contribution is 2.19. The minimum atomic E-state index is 0.591. The summed E-state index contributed by atoms with van der Waals surface area (Å²) in [4.78, 5) is 11.2. The average molecular weight is 218 g/mol. The number of benzene rings is 1. The van der Waals surface area contributed by atoms with E-state index in [9.17, 15) is 4.79 Å². The van der Waals surface area contributed by atoms with Crippen molar-refractivity contribution in [3.8, 4) is 0 Å². The van der Waals surface area contributed by atoms with Gasteiger partial charge in [-0.2, -0.15) is 0 Å². The summed E-state index contributed by atoms with van der Waals surface area (Å²) in [6.45, 7) is 8.74. The predicted molar refractivity (Wildman–Crippen MR) is 68.9 cm³/mol. The Kier molecular flexibility index (Phi) is 4.72. The summed E-state index contributed by atoms with van der Waals surface area (Å²) in [5.74, 6) is 1.18. The van der Waals surface area contributed by atoms with Crippen molar-refractivity contribution in [1.82, 2.24) is 0 Å². The largest absolute Gasteiger partial charge is 0.298 e. The van der Waals surface area contributed by atoms with Crippen molar-refractivity contribution in [3.05, 3.63) is 34.9 Å². The summed E-state index contributed by atoms with van der Waals surface area (Å²) in [7, 11) is 0. The van der Waals surface area contributed by atoms with E-state index in [1.54, 1.807) is 0 Å². The van der Waals surface area contributed by atoms with E-state index in [0.717, 1.165) is 24.7 Å². The van der Waals surface area contributed by atoms with E-state index in [0.29, 0.717) is 11.8 Å². The highest BCUT2D eigenvalue weighted by molar-refractivity contribution is 5.79. The second kappa shape index (κ2) is 5.83. The van der Waals surface area contributed by atoms with Crippen LogP contribution in [0.5, 0.6) is 0 Å². The molecule has 88 valence electrons. The van der Waals surface area contributed by atoms with Gasteiger partial charge in [-0.25, -0.2) is 0 Å². The smallest absolute Gasteiger partial charge is 0.150 e. The quantitative estimate of drug-likeness (QED) is 0.685. The molecule has 0 aromatic heterocycles. The standard InChI is InChI=1S/C15H22O/c1-11(2)8-13-6-5-7-14(9-12(3)4)15(13)10-16/h5-7,10-12H,8-9H2,1-4H3. The van der Waals surface area contributed by atoms with Gasteiger partial charge in [-0.05, 0) is 35.8 Å². The van der Waals surface area contributed by atoms with Gasteiger partial charge in [-0.1, -0.05) is 45.9 Å². The molecule has 1 aromatic rings. The fraction of sp³-hybridized carbons (Fsp3) is 0.533. The fourth-order valence-electron chi connectivity index (χ4n) is 2.05. The first-order valence-electron chi connectivity index (χ1n) is 6.10. The summed E-state index contributed by atoms with van der Waals surface area (Å²) in [6.07, 6.45) is 3.00. The van der Waals surface area contributed by atoms with Gasteiger partial charge in [-0.15, -0.1) is 0 Å². The van der Waals surface area contributed by atoms with E-state index in [-0.39, 0.29) is 0 Å². The van der Waals surface area contributed by atoms with E-state index in [1.807, 2.05) is 0 Å². The van der Waals surface area contributed by atoms with Gasteiger partial charge < -0.3 is 0 Å². The Bertz CT molecular complexity index is 322. The summed E-state index contributed by atoms with van der Waals surface area (Å²) in [5, 5.41) is 0. The Balaban J connectivity index is 3.05. The van der Waals surface area contributed by atoms with Crippen LogP contribution in [0.25, 0.3) is 0 Å². The molecule has 0 atom stereocenters. The molecule has 0 radical (unpaired) electrons. The van der Waals surface area contributed by atoms with Gasteiger partial charge >= 0.3 is 0 Å². The third-order valence-corrected chi connectivity index (χ3v) is 2.66. The summed E-state index contributed by atoms with van der Waals surface area (Å²) < 4.78 is 0. The maximum atomic E-state index is 11.2. The lowest BCUT2D eigenvalue weighted by atomic mass is 9.91. The molecule has 0 aliphatic heterocycles. The zero-order chi connectivity index (χ0) is 12.1. The second-order valence-corrected chi connectivity index (χ2v) is 5.30. The molecule has 0 aliphatic rings. The summed E-state index contributed by atoms with van der Waals surface area (Å²) in [5.41, 5.74) is 3.32. The van der Waals surface area contributed by atoms with Gasteiger partial charge in [-0.3, -0.25) is 4.79 Å². The average Bonchev–Trinajstić information content (AvgIpc) is 2.16. The molecule has 0 spiro atoms. The third-order valence-electron chi connectivity index (χ3n) is 2.66. The molecule has 0 bridgehead atoms. The minimum absolute atomic E-state index is 0.591. The summed E-state index contributed by atoms with van der Waals surface area (Å²) in [6, 6.07) is 6.23. The van der Waals surface area contributed by atoms with Gasteiger partial charge in [0.25, 0.3) is 0 Å². The predicted octanol–water partition coefficient (Wildman–Crippen LogP) is 3.90. The number of hydrogen-bond acceptors (Lipinski definition) is 1. The van der Waals surface area contributed by atoms with Crippen LogP contribution >= 0.6 is 0 Å². The first kappa shape index (κ1) is 13.0. The van der Waals surface area contributed by atoms with E-state index in [1.165, 1.54) is 11.1 Å². The molecular weight excluding hydrogens is 196 g/mol. The van der Waals surface area contributed by atoms with Crippen LogP contribution in [0.3, 0.4) is 0 Å². The Morgan fingerprint density at radius 3 is 1.75 bits per heavy atom. The molecule has 1 nitrogen and oxygen atoms in total. The van der Waals surface area contributed by atoms with Crippen molar-refractivity contribution < 1.29 is 4.79 Å². The molecule has 1 heteroatoms. The number of carbonyl (C=O) groups is 1. The summed E-state index contributed by atoms with van der Waals surface area (Å²) >= 11 is 0. The lowest BCUT2D eigenvalue weighted by Crippen LogP contribution is -2.05. The van der Waals surface area contributed by atoms with Crippen LogP contribution in [0.1, 0.15) is 49.2 Å². The Labute approximate surface area is 98.9 Å². The van der Waals surface area contributed by atoms with Gasteiger partial charge in [0.2, 0.25) is 0 Å².